The van der Waals surface area contributed by atoms with E-state index in [2.05, 4.69) is 41.1 Å². The van der Waals surface area contributed by atoms with Crippen LogP contribution in [0.5, 0.6) is 0 Å². The maximum Gasteiger partial charge on any atom is 0.325 e. The van der Waals surface area contributed by atoms with E-state index in [4.69, 9.17) is 0 Å². The summed E-state index contributed by atoms with van der Waals surface area (Å²) in [7, 11) is 0. The minimum Gasteiger partial charge on any atom is -0.480 e. The average molecular weight is 501 g/mol. The molecule has 1 saturated heterocycles. The van der Waals surface area contributed by atoms with Gasteiger partial charge in [-0.25, -0.2) is 9.97 Å². The summed E-state index contributed by atoms with van der Waals surface area (Å²) < 4.78 is 0.817. The third kappa shape index (κ3) is 4.61. The van der Waals surface area contributed by atoms with Gasteiger partial charge in [-0.2, -0.15) is 0 Å². The second-order valence-corrected chi connectivity index (χ2v) is 9.03. The number of hydrogen-bond donors (Lipinski definition) is 3. The zero-order chi connectivity index (χ0) is 22.8. The molecule has 0 spiro atoms. The van der Waals surface area contributed by atoms with Crippen LogP contribution in [0, 0.1) is 5.92 Å². The van der Waals surface area contributed by atoms with Gasteiger partial charge in [-0.15, -0.1) is 0 Å². The Labute approximate surface area is 194 Å². The third-order valence-corrected chi connectivity index (χ3v) is 6.01. The number of carboxylic acids is 1. The van der Waals surface area contributed by atoms with Gasteiger partial charge in [0, 0.05) is 72.8 Å². The number of rotatable bonds is 6. The number of H-pyrrole nitrogens is 1. The Bertz CT molecular complexity index is 1120. The molecule has 4 rings (SSSR count). The molecule has 1 atom stereocenters. The van der Waals surface area contributed by atoms with E-state index in [-0.39, 0.29) is 11.8 Å². The number of anilines is 2. The number of fused-ring (bicyclic) bond motifs is 1. The number of amides is 1. The van der Waals surface area contributed by atoms with Crippen molar-refractivity contribution in [3.63, 3.8) is 0 Å². The van der Waals surface area contributed by atoms with E-state index in [1.54, 1.807) is 18.6 Å². The molecule has 3 aromatic rings. The molecule has 3 N–H and O–H groups in total. The van der Waals surface area contributed by atoms with Crippen molar-refractivity contribution in [2.45, 2.75) is 19.9 Å². The summed E-state index contributed by atoms with van der Waals surface area (Å²) in [5.41, 5.74) is 2.18. The highest BCUT2D eigenvalue weighted by Gasteiger charge is 2.32. The Morgan fingerprint density at radius 2 is 1.84 bits per heavy atom. The van der Waals surface area contributed by atoms with Gasteiger partial charge in [0.25, 0.3) is 0 Å². The van der Waals surface area contributed by atoms with E-state index in [1.165, 1.54) is 0 Å². The fourth-order valence-electron chi connectivity index (χ4n) is 3.87. The van der Waals surface area contributed by atoms with Gasteiger partial charge < -0.3 is 20.3 Å². The Morgan fingerprint density at radius 1 is 1.16 bits per heavy atom. The highest BCUT2D eigenvalue weighted by atomic mass is 79.9. The summed E-state index contributed by atoms with van der Waals surface area (Å²) in [5, 5.41) is 13.8. The van der Waals surface area contributed by atoms with Gasteiger partial charge >= 0.3 is 5.97 Å². The highest BCUT2D eigenvalue weighted by molar-refractivity contribution is 9.10. The van der Waals surface area contributed by atoms with Crippen LogP contribution >= 0.6 is 15.9 Å². The van der Waals surface area contributed by atoms with Gasteiger partial charge in [0.05, 0.1) is 4.47 Å². The van der Waals surface area contributed by atoms with E-state index < -0.39 is 12.0 Å². The lowest BCUT2D eigenvalue weighted by atomic mass is 10.0. The summed E-state index contributed by atoms with van der Waals surface area (Å²) in [6.45, 7) is 6.09. The summed E-state index contributed by atoms with van der Waals surface area (Å²) in [5.74, 6) is -0.436. The van der Waals surface area contributed by atoms with Crippen LogP contribution in [0.2, 0.25) is 0 Å². The molecule has 0 aliphatic carbocycles. The first kappa shape index (κ1) is 22.2. The van der Waals surface area contributed by atoms with Crippen LogP contribution in [0.25, 0.3) is 10.9 Å². The van der Waals surface area contributed by atoms with Gasteiger partial charge in [0.2, 0.25) is 11.9 Å². The summed E-state index contributed by atoms with van der Waals surface area (Å²) >= 11 is 3.34. The predicted molar refractivity (Wildman–Crippen MR) is 126 cm³/mol. The van der Waals surface area contributed by atoms with Gasteiger partial charge in [-0.1, -0.05) is 19.9 Å². The van der Waals surface area contributed by atoms with Crippen LogP contribution in [0.1, 0.15) is 25.5 Å². The van der Waals surface area contributed by atoms with Crippen molar-refractivity contribution in [1.82, 2.24) is 19.9 Å². The molecule has 9 nitrogen and oxygen atoms in total. The van der Waals surface area contributed by atoms with Gasteiger partial charge in [-0.3, -0.25) is 14.5 Å². The van der Waals surface area contributed by atoms with Crippen LogP contribution in [-0.2, 0) is 9.59 Å². The van der Waals surface area contributed by atoms with E-state index in [1.807, 2.05) is 36.9 Å². The summed E-state index contributed by atoms with van der Waals surface area (Å²) in [6.07, 6.45) is 5.17. The second kappa shape index (κ2) is 9.25. The second-order valence-electron chi connectivity index (χ2n) is 8.11. The molecule has 2 aromatic heterocycles. The zero-order valence-electron chi connectivity index (χ0n) is 17.9. The standard InChI is InChI=1S/C22H25BrN6O3/c1-13(2)20(30)27-15-3-4-16-17(12-24-18(16)9-15)19(21(31)32)28-5-7-29(8-6-28)22-25-10-14(23)11-26-22/h3-4,9-13,19,24H,5-8H2,1-2H3,(H,27,30)(H,31,32)/t19-/m1/s1. The topological polar surface area (TPSA) is 114 Å². The fraction of sp³-hybridized carbons (Fsp3) is 0.364. The van der Waals surface area contributed by atoms with Crippen molar-refractivity contribution in [2.24, 2.45) is 5.92 Å². The monoisotopic (exact) mass is 500 g/mol. The number of aromatic nitrogens is 3. The number of halogens is 1. The number of benzene rings is 1. The average Bonchev–Trinajstić information content (AvgIpc) is 3.17. The van der Waals surface area contributed by atoms with Gasteiger partial charge in [0.1, 0.15) is 6.04 Å². The number of piperazine rings is 1. The molecule has 3 heterocycles. The Kier molecular flexibility index (Phi) is 6.43. The molecular formula is C22H25BrN6O3. The Hall–Kier alpha value is -2.98. The maximum atomic E-state index is 12.3. The number of nitrogens with zero attached hydrogens (tertiary/aromatic N) is 4. The molecule has 0 saturated carbocycles. The quantitative estimate of drug-likeness (QED) is 0.475. The van der Waals surface area contributed by atoms with Crippen molar-refractivity contribution in [3.05, 3.63) is 46.8 Å². The number of aromatic amines is 1. The van der Waals surface area contributed by atoms with E-state index in [0.717, 1.165) is 15.4 Å². The SMILES string of the molecule is CC(C)C(=O)Nc1ccc2c([C@H](C(=O)O)N3CCN(c4ncc(Br)cn4)CC3)c[nH]c2c1. The first-order chi connectivity index (χ1) is 15.3. The van der Waals surface area contributed by atoms with Gasteiger partial charge in [0.15, 0.2) is 0 Å². The molecule has 32 heavy (non-hydrogen) atoms. The number of carbonyl (C=O) groups excluding carboxylic acids is 1. The largest absolute Gasteiger partial charge is 0.480 e. The molecular weight excluding hydrogens is 476 g/mol. The zero-order valence-corrected chi connectivity index (χ0v) is 19.5. The minimum absolute atomic E-state index is 0.0628. The molecule has 10 heteroatoms. The first-order valence-electron chi connectivity index (χ1n) is 10.4. The lowest BCUT2D eigenvalue weighted by Gasteiger charge is -2.37. The van der Waals surface area contributed by atoms with Crippen molar-refractivity contribution in [1.29, 1.82) is 0 Å². The van der Waals surface area contributed by atoms with Crippen molar-refractivity contribution < 1.29 is 14.7 Å². The summed E-state index contributed by atoms with van der Waals surface area (Å²) in [6, 6.07) is 4.73. The maximum absolute atomic E-state index is 12.3. The van der Waals surface area contributed by atoms with Crippen LogP contribution < -0.4 is 10.2 Å². The highest BCUT2D eigenvalue weighted by Crippen LogP contribution is 2.31. The van der Waals surface area contributed by atoms with Crippen LogP contribution in [-0.4, -0.2) is 63.0 Å². The molecule has 1 aliphatic heterocycles. The normalized spacial score (nSPS) is 15.8. The minimum atomic E-state index is -0.892. The molecule has 0 radical (unpaired) electrons. The Balaban J connectivity index is 1.52. The number of aliphatic carboxylic acids is 1. The molecule has 1 aliphatic rings. The van der Waals surface area contributed by atoms with Crippen LogP contribution in [0.15, 0.2) is 41.3 Å². The number of carboxylic acid groups (broad SMARTS) is 1. The fourth-order valence-corrected chi connectivity index (χ4v) is 4.08. The number of carbonyl (C=O) groups is 2. The van der Waals surface area contributed by atoms with E-state index in [0.29, 0.717) is 43.4 Å². The number of hydrogen-bond acceptors (Lipinski definition) is 6. The summed E-state index contributed by atoms with van der Waals surface area (Å²) in [4.78, 5) is 40.1. The van der Waals surface area contributed by atoms with E-state index in [9.17, 15) is 14.7 Å². The molecule has 1 aromatic carbocycles. The molecule has 0 unspecified atom stereocenters. The van der Waals surface area contributed by atoms with Crippen molar-refractivity contribution in [3.8, 4) is 0 Å². The third-order valence-electron chi connectivity index (χ3n) is 5.60. The lowest BCUT2D eigenvalue weighted by Crippen LogP contribution is -2.49. The van der Waals surface area contributed by atoms with Gasteiger partial charge in [-0.05, 0) is 28.1 Å². The van der Waals surface area contributed by atoms with Crippen LogP contribution in [0.3, 0.4) is 0 Å². The molecule has 1 fully saturated rings. The Morgan fingerprint density at radius 3 is 2.47 bits per heavy atom. The van der Waals surface area contributed by atoms with Crippen LogP contribution in [0.4, 0.5) is 11.6 Å². The molecule has 0 bridgehead atoms. The molecule has 1 amide bonds. The van der Waals surface area contributed by atoms with E-state index >= 15 is 0 Å². The lowest BCUT2D eigenvalue weighted by molar-refractivity contribution is -0.143. The van der Waals surface area contributed by atoms with Crippen molar-refractivity contribution in [2.75, 3.05) is 36.4 Å². The van der Waals surface area contributed by atoms with Crippen molar-refractivity contribution >= 4 is 50.3 Å². The molecule has 168 valence electrons. The first-order valence-corrected chi connectivity index (χ1v) is 11.2. The number of nitrogens with one attached hydrogen (secondary N) is 2. The smallest absolute Gasteiger partial charge is 0.325 e. The predicted octanol–water partition coefficient (Wildman–Crippen LogP) is 3.26.